The quantitative estimate of drug-likeness (QED) is 0.686. The lowest BCUT2D eigenvalue weighted by molar-refractivity contribution is -0.117. The molecule has 0 bridgehead atoms. The summed E-state index contributed by atoms with van der Waals surface area (Å²) < 4.78 is 0. The van der Waals surface area contributed by atoms with Crippen molar-refractivity contribution in [3.05, 3.63) is 47.7 Å². The maximum Gasteiger partial charge on any atom is 0.263 e. The smallest absolute Gasteiger partial charge is 0.263 e. The molecule has 1 fully saturated rings. The van der Waals surface area contributed by atoms with Gasteiger partial charge in [0.1, 0.15) is 11.6 Å². The van der Waals surface area contributed by atoms with E-state index in [0.29, 0.717) is 5.92 Å². The maximum atomic E-state index is 12.3. The molecule has 2 unspecified atom stereocenters. The summed E-state index contributed by atoms with van der Waals surface area (Å²) in [5.74, 6) is 0.299. The minimum atomic E-state index is -0.308. The molecule has 0 aliphatic carbocycles. The van der Waals surface area contributed by atoms with Gasteiger partial charge in [0.2, 0.25) is 0 Å². The third kappa shape index (κ3) is 4.36. The van der Waals surface area contributed by atoms with Crippen molar-refractivity contribution in [1.82, 2.24) is 10.2 Å². The zero-order valence-corrected chi connectivity index (χ0v) is 13.2. The van der Waals surface area contributed by atoms with Crippen LogP contribution in [0.2, 0.25) is 0 Å². The largest absolute Gasteiger partial charge is 0.376 e. The van der Waals surface area contributed by atoms with Crippen molar-refractivity contribution in [3.8, 4) is 6.07 Å². The highest BCUT2D eigenvalue weighted by Gasteiger charge is 2.18. The molecule has 116 valence electrons. The molecule has 0 radical (unpaired) electrons. The molecule has 0 saturated carbocycles. The van der Waals surface area contributed by atoms with E-state index in [1.54, 1.807) is 6.20 Å². The van der Waals surface area contributed by atoms with Gasteiger partial charge in [-0.1, -0.05) is 37.3 Å². The molecule has 4 nitrogen and oxygen atoms in total. The van der Waals surface area contributed by atoms with E-state index in [1.165, 1.54) is 6.42 Å². The number of carbonyl (C=O) groups is 1. The van der Waals surface area contributed by atoms with Crippen LogP contribution in [-0.2, 0) is 4.79 Å². The lowest BCUT2D eigenvalue weighted by Gasteiger charge is -2.30. The van der Waals surface area contributed by atoms with Gasteiger partial charge in [0.25, 0.3) is 5.91 Å². The molecule has 4 heteroatoms. The van der Waals surface area contributed by atoms with Crippen molar-refractivity contribution in [1.29, 1.82) is 5.26 Å². The third-order valence-corrected chi connectivity index (χ3v) is 4.01. The number of amides is 1. The predicted molar refractivity (Wildman–Crippen MR) is 86.7 cm³/mol. The van der Waals surface area contributed by atoms with E-state index < -0.39 is 0 Å². The summed E-state index contributed by atoms with van der Waals surface area (Å²) in [5.41, 5.74) is 1.21. The Kier molecular flexibility index (Phi) is 5.60. The summed E-state index contributed by atoms with van der Waals surface area (Å²) in [4.78, 5) is 14.4. The molecule has 1 N–H and O–H groups in total. The highest BCUT2D eigenvalue weighted by molar-refractivity contribution is 5.97. The third-order valence-electron chi connectivity index (χ3n) is 4.01. The lowest BCUT2D eigenvalue weighted by atomic mass is 10.0. The average molecular weight is 297 g/mol. The molecular formula is C18H23N3O. The molecule has 2 atom stereocenters. The van der Waals surface area contributed by atoms with Gasteiger partial charge in [0.15, 0.2) is 0 Å². The van der Waals surface area contributed by atoms with Crippen LogP contribution in [0.25, 0.3) is 0 Å². The van der Waals surface area contributed by atoms with Crippen LogP contribution in [-0.4, -0.2) is 23.9 Å². The van der Waals surface area contributed by atoms with Crippen LogP contribution in [0.15, 0.2) is 42.1 Å². The van der Waals surface area contributed by atoms with E-state index in [4.69, 9.17) is 0 Å². The Bertz CT molecular complexity index is 574. The summed E-state index contributed by atoms with van der Waals surface area (Å²) in [6.45, 7) is 5.94. The number of likely N-dealkylation sites (tertiary alicyclic amines) is 1. The average Bonchev–Trinajstić information content (AvgIpc) is 2.53. The number of hydrogen-bond donors (Lipinski definition) is 1. The molecule has 1 aromatic carbocycles. The fraction of sp³-hybridized carbons (Fsp3) is 0.444. The van der Waals surface area contributed by atoms with Crippen molar-refractivity contribution in [2.75, 3.05) is 13.1 Å². The molecule has 1 aliphatic heterocycles. The lowest BCUT2D eigenvalue weighted by Crippen LogP contribution is -2.33. The van der Waals surface area contributed by atoms with Gasteiger partial charge in [-0.3, -0.25) is 4.79 Å². The fourth-order valence-electron chi connectivity index (χ4n) is 2.76. The molecule has 0 aromatic heterocycles. The van der Waals surface area contributed by atoms with Crippen LogP contribution >= 0.6 is 0 Å². The molecular weight excluding hydrogens is 274 g/mol. The number of rotatable bonds is 4. The molecule has 0 spiro atoms. The molecule has 22 heavy (non-hydrogen) atoms. The first-order chi connectivity index (χ1) is 10.6. The minimum absolute atomic E-state index is 0.120. The van der Waals surface area contributed by atoms with Crippen LogP contribution in [0.5, 0.6) is 0 Å². The van der Waals surface area contributed by atoms with Crippen molar-refractivity contribution >= 4 is 5.91 Å². The van der Waals surface area contributed by atoms with Crippen LogP contribution < -0.4 is 5.32 Å². The van der Waals surface area contributed by atoms with Gasteiger partial charge in [-0.05, 0) is 31.2 Å². The monoisotopic (exact) mass is 297 g/mol. The fourth-order valence-corrected chi connectivity index (χ4v) is 2.76. The summed E-state index contributed by atoms with van der Waals surface area (Å²) in [5, 5.41) is 12.2. The van der Waals surface area contributed by atoms with Crippen LogP contribution in [0, 0.1) is 17.2 Å². The molecule has 1 amide bonds. The van der Waals surface area contributed by atoms with E-state index in [2.05, 4.69) is 17.1 Å². The number of nitriles is 1. The first kappa shape index (κ1) is 16.1. The van der Waals surface area contributed by atoms with Gasteiger partial charge in [0.05, 0.1) is 6.04 Å². The maximum absolute atomic E-state index is 12.3. The number of nitrogens with zero attached hydrogens (tertiary/aromatic N) is 2. The first-order valence-corrected chi connectivity index (χ1v) is 7.82. The van der Waals surface area contributed by atoms with E-state index in [9.17, 15) is 10.1 Å². The van der Waals surface area contributed by atoms with Gasteiger partial charge in [-0.15, -0.1) is 0 Å². The molecule has 1 saturated heterocycles. The van der Waals surface area contributed by atoms with E-state index in [1.807, 2.05) is 43.3 Å². The van der Waals surface area contributed by atoms with Crippen molar-refractivity contribution in [3.63, 3.8) is 0 Å². The number of carbonyl (C=O) groups excluding carboxylic acids is 1. The second-order valence-electron chi connectivity index (χ2n) is 6.00. The highest BCUT2D eigenvalue weighted by Crippen LogP contribution is 2.17. The molecule has 1 aromatic rings. The van der Waals surface area contributed by atoms with Crippen molar-refractivity contribution in [2.45, 2.75) is 32.7 Å². The number of hydrogen-bond acceptors (Lipinski definition) is 3. The van der Waals surface area contributed by atoms with Gasteiger partial charge >= 0.3 is 0 Å². The first-order valence-electron chi connectivity index (χ1n) is 7.82. The second kappa shape index (κ2) is 7.65. The Labute approximate surface area is 132 Å². The summed E-state index contributed by atoms with van der Waals surface area (Å²) in [6, 6.07) is 11.7. The van der Waals surface area contributed by atoms with Gasteiger partial charge in [-0.2, -0.15) is 5.26 Å². The summed E-state index contributed by atoms with van der Waals surface area (Å²) in [6.07, 6.45) is 4.03. The Morgan fingerprint density at radius 1 is 1.45 bits per heavy atom. The zero-order chi connectivity index (χ0) is 15.9. The standard InChI is InChI=1S/C18H23N3O/c1-14-7-6-10-21(12-14)13-17(11-19)18(22)20-15(2)16-8-4-3-5-9-16/h3-5,8-9,13-15H,6-7,10,12H2,1-2H3,(H,20,22)/b17-13-. The SMILES string of the molecule is CC1CCCN(/C=C(/C#N)C(=O)NC(C)c2ccccc2)C1. The molecule has 1 aliphatic rings. The van der Waals surface area contributed by atoms with Crippen LogP contribution in [0.3, 0.4) is 0 Å². The van der Waals surface area contributed by atoms with Crippen molar-refractivity contribution < 1.29 is 4.79 Å². The number of nitrogens with one attached hydrogen (secondary N) is 1. The Morgan fingerprint density at radius 2 is 2.18 bits per heavy atom. The van der Waals surface area contributed by atoms with Crippen LogP contribution in [0.1, 0.15) is 38.3 Å². The van der Waals surface area contributed by atoms with Gasteiger partial charge in [-0.25, -0.2) is 0 Å². The molecule has 2 rings (SSSR count). The predicted octanol–water partition coefficient (Wildman–Crippen LogP) is 3.00. The van der Waals surface area contributed by atoms with E-state index >= 15 is 0 Å². The minimum Gasteiger partial charge on any atom is -0.376 e. The van der Waals surface area contributed by atoms with E-state index in [0.717, 1.165) is 25.1 Å². The van der Waals surface area contributed by atoms with Crippen molar-refractivity contribution in [2.24, 2.45) is 5.92 Å². The highest BCUT2D eigenvalue weighted by atomic mass is 16.1. The van der Waals surface area contributed by atoms with E-state index in [-0.39, 0.29) is 17.5 Å². The Morgan fingerprint density at radius 3 is 2.82 bits per heavy atom. The Balaban J connectivity index is 2.01. The number of piperidine rings is 1. The van der Waals surface area contributed by atoms with Crippen LogP contribution in [0.4, 0.5) is 0 Å². The number of benzene rings is 1. The second-order valence-corrected chi connectivity index (χ2v) is 6.00. The Hall–Kier alpha value is -2.28. The summed E-state index contributed by atoms with van der Waals surface area (Å²) in [7, 11) is 0. The van der Waals surface area contributed by atoms with Gasteiger partial charge < -0.3 is 10.2 Å². The van der Waals surface area contributed by atoms with Gasteiger partial charge in [0, 0.05) is 19.3 Å². The zero-order valence-electron chi connectivity index (χ0n) is 13.2. The normalized spacial score (nSPS) is 20.1. The topological polar surface area (TPSA) is 56.1 Å². The summed E-state index contributed by atoms with van der Waals surface area (Å²) >= 11 is 0. The molecule has 1 heterocycles.